The van der Waals surface area contributed by atoms with Crippen molar-refractivity contribution in [1.82, 2.24) is 0 Å². The maximum atomic E-state index is 11.4. The molecule has 0 radical (unpaired) electrons. The van der Waals surface area contributed by atoms with Gasteiger partial charge in [0.15, 0.2) is 0 Å². The summed E-state index contributed by atoms with van der Waals surface area (Å²) in [5.41, 5.74) is 13.3. The zero-order valence-electron chi connectivity index (χ0n) is 11.1. The SMILES string of the molecule is NC(=O)c1sc(NCC2CCCC2)c(C2CC2)c1N. The fourth-order valence-corrected chi connectivity index (χ4v) is 4.07. The second kappa shape index (κ2) is 5.04. The molecule has 0 saturated heterocycles. The van der Waals surface area contributed by atoms with Crippen LogP contribution in [0.3, 0.4) is 0 Å². The fraction of sp³-hybridized carbons (Fsp3) is 0.643. The Morgan fingerprint density at radius 2 is 1.95 bits per heavy atom. The van der Waals surface area contributed by atoms with Crippen molar-refractivity contribution < 1.29 is 4.79 Å². The first-order chi connectivity index (χ1) is 9.16. The smallest absolute Gasteiger partial charge is 0.260 e. The summed E-state index contributed by atoms with van der Waals surface area (Å²) in [5.74, 6) is 0.904. The number of nitrogens with two attached hydrogens (primary N) is 2. The van der Waals surface area contributed by atoms with Gasteiger partial charge in [-0.3, -0.25) is 4.79 Å². The number of thiophene rings is 1. The van der Waals surface area contributed by atoms with Crippen molar-refractivity contribution in [3.63, 3.8) is 0 Å². The number of nitrogens with one attached hydrogen (secondary N) is 1. The van der Waals surface area contributed by atoms with Crippen LogP contribution < -0.4 is 16.8 Å². The van der Waals surface area contributed by atoms with Crippen molar-refractivity contribution in [2.75, 3.05) is 17.6 Å². The van der Waals surface area contributed by atoms with Gasteiger partial charge >= 0.3 is 0 Å². The Balaban J connectivity index is 1.78. The highest BCUT2D eigenvalue weighted by Gasteiger charge is 2.32. The molecule has 1 heterocycles. The van der Waals surface area contributed by atoms with E-state index in [1.807, 2.05) is 0 Å². The number of hydrogen-bond acceptors (Lipinski definition) is 4. The lowest BCUT2D eigenvalue weighted by Gasteiger charge is -2.12. The molecule has 3 rings (SSSR count). The molecular formula is C14H21N3OS. The van der Waals surface area contributed by atoms with E-state index < -0.39 is 5.91 Å². The summed E-state index contributed by atoms with van der Waals surface area (Å²) in [6, 6.07) is 0. The summed E-state index contributed by atoms with van der Waals surface area (Å²) in [4.78, 5) is 11.9. The van der Waals surface area contributed by atoms with Crippen LogP contribution in [0.15, 0.2) is 0 Å². The van der Waals surface area contributed by atoms with E-state index >= 15 is 0 Å². The third kappa shape index (κ3) is 2.56. The van der Waals surface area contributed by atoms with E-state index in [1.54, 1.807) is 0 Å². The predicted molar refractivity (Wildman–Crippen MR) is 79.7 cm³/mol. The molecule has 5 N–H and O–H groups in total. The minimum atomic E-state index is -0.404. The third-order valence-corrected chi connectivity index (χ3v) is 5.41. The van der Waals surface area contributed by atoms with Crippen molar-refractivity contribution in [3.8, 4) is 0 Å². The number of rotatable bonds is 5. The van der Waals surface area contributed by atoms with Crippen LogP contribution in [0, 0.1) is 5.92 Å². The van der Waals surface area contributed by atoms with Gasteiger partial charge in [0.1, 0.15) is 4.88 Å². The predicted octanol–water partition coefficient (Wildman–Crippen LogP) is 2.91. The molecule has 0 bridgehead atoms. The number of amides is 1. The van der Waals surface area contributed by atoms with Crippen LogP contribution in [0.4, 0.5) is 10.7 Å². The maximum Gasteiger partial charge on any atom is 0.260 e. The molecule has 2 saturated carbocycles. The molecule has 2 fully saturated rings. The average Bonchev–Trinajstić information content (AvgIpc) is 2.96. The summed E-state index contributed by atoms with van der Waals surface area (Å²) in [5, 5.41) is 4.61. The largest absolute Gasteiger partial charge is 0.397 e. The second-order valence-electron chi connectivity index (χ2n) is 5.76. The second-order valence-corrected chi connectivity index (χ2v) is 6.78. The first kappa shape index (κ1) is 12.8. The van der Waals surface area contributed by atoms with E-state index in [9.17, 15) is 4.79 Å². The van der Waals surface area contributed by atoms with Gasteiger partial charge in [0.25, 0.3) is 5.91 Å². The molecule has 0 atom stereocenters. The van der Waals surface area contributed by atoms with Gasteiger partial charge in [0.05, 0.1) is 10.7 Å². The van der Waals surface area contributed by atoms with Crippen molar-refractivity contribution >= 4 is 27.9 Å². The zero-order chi connectivity index (χ0) is 13.4. The Morgan fingerprint density at radius 3 is 2.53 bits per heavy atom. The number of hydrogen-bond donors (Lipinski definition) is 3. The fourth-order valence-electron chi connectivity index (χ4n) is 3.00. The van der Waals surface area contributed by atoms with Gasteiger partial charge in [-0.25, -0.2) is 0 Å². The molecule has 19 heavy (non-hydrogen) atoms. The molecule has 1 aromatic rings. The molecule has 2 aliphatic rings. The third-order valence-electron chi connectivity index (χ3n) is 4.22. The van der Waals surface area contributed by atoms with E-state index in [-0.39, 0.29) is 0 Å². The topological polar surface area (TPSA) is 81.1 Å². The van der Waals surface area contributed by atoms with Crippen LogP contribution in [-0.4, -0.2) is 12.5 Å². The number of anilines is 2. The normalized spacial score (nSPS) is 19.8. The van der Waals surface area contributed by atoms with Crippen molar-refractivity contribution in [3.05, 3.63) is 10.4 Å². The van der Waals surface area contributed by atoms with Gasteiger partial charge in [-0.15, -0.1) is 11.3 Å². The quantitative estimate of drug-likeness (QED) is 0.775. The lowest BCUT2D eigenvalue weighted by molar-refractivity contribution is 0.100. The summed E-state index contributed by atoms with van der Waals surface area (Å²) in [6.07, 6.45) is 7.68. The van der Waals surface area contributed by atoms with Crippen molar-refractivity contribution in [2.45, 2.75) is 44.4 Å². The van der Waals surface area contributed by atoms with Crippen LogP contribution in [-0.2, 0) is 0 Å². The molecule has 104 valence electrons. The highest BCUT2D eigenvalue weighted by molar-refractivity contribution is 7.18. The van der Waals surface area contributed by atoms with Gasteiger partial charge in [0, 0.05) is 12.1 Å². The molecular weight excluding hydrogens is 258 g/mol. The average molecular weight is 279 g/mol. The van der Waals surface area contributed by atoms with Crippen molar-refractivity contribution in [1.29, 1.82) is 0 Å². The zero-order valence-corrected chi connectivity index (χ0v) is 11.9. The lowest BCUT2D eigenvalue weighted by atomic mass is 10.1. The van der Waals surface area contributed by atoms with E-state index in [0.29, 0.717) is 16.5 Å². The van der Waals surface area contributed by atoms with Crippen LogP contribution in [0.2, 0.25) is 0 Å². The molecule has 5 heteroatoms. The molecule has 0 aliphatic heterocycles. The van der Waals surface area contributed by atoms with Gasteiger partial charge in [-0.05, 0) is 37.5 Å². The molecule has 1 aromatic heterocycles. The molecule has 2 aliphatic carbocycles. The number of carbonyl (C=O) groups is 1. The van der Waals surface area contributed by atoms with Gasteiger partial charge < -0.3 is 16.8 Å². The maximum absolute atomic E-state index is 11.4. The highest BCUT2D eigenvalue weighted by Crippen LogP contribution is 2.50. The standard InChI is InChI=1S/C14H21N3OS/c15-11-10(9-5-6-9)14(19-12(11)13(16)18)17-7-8-3-1-2-4-8/h8-9,17H,1-7,15H2,(H2,16,18). The first-order valence-electron chi connectivity index (χ1n) is 7.12. The summed E-state index contributed by atoms with van der Waals surface area (Å²) >= 11 is 1.44. The van der Waals surface area contributed by atoms with Gasteiger partial charge in [0.2, 0.25) is 0 Å². The Labute approximate surface area is 117 Å². The summed E-state index contributed by atoms with van der Waals surface area (Å²) < 4.78 is 0. The Bertz CT molecular complexity index is 487. The van der Waals surface area contributed by atoms with Crippen LogP contribution in [0.5, 0.6) is 0 Å². The lowest BCUT2D eigenvalue weighted by Crippen LogP contribution is -2.11. The monoisotopic (exact) mass is 279 g/mol. The first-order valence-corrected chi connectivity index (χ1v) is 7.94. The molecule has 1 amide bonds. The minimum Gasteiger partial charge on any atom is -0.397 e. The van der Waals surface area contributed by atoms with Gasteiger partial charge in [-0.1, -0.05) is 12.8 Å². The summed E-state index contributed by atoms with van der Waals surface area (Å²) in [6.45, 7) is 0.998. The number of nitrogen functional groups attached to an aromatic ring is 1. The number of primary amides is 1. The Hall–Kier alpha value is -1.23. The molecule has 4 nitrogen and oxygen atoms in total. The van der Waals surface area contributed by atoms with E-state index in [1.165, 1.54) is 49.9 Å². The van der Waals surface area contributed by atoms with Gasteiger partial charge in [-0.2, -0.15) is 0 Å². The van der Waals surface area contributed by atoms with Crippen molar-refractivity contribution in [2.24, 2.45) is 11.7 Å². The Morgan fingerprint density at radius 1 is 1.26 bits per heavy atom. The Kier molecular flexibility index (Phi) is 3.39. The molecule has 0 aromatic carbocycles. The van der Waals surface area contributed by atoms with E-state index in [2.05, 4.69) is 5.32 Å². The summed E-state index contributed by atoms with van der Waals surface area (Å²) in [7, 11) is 0. The van der Waals surface area contributed by atoms with Crippen LogP contribution >= 0.6 is 11.3 Å². The van der Waals surface area contributed by atoms with E-state index in [4.69, 9.17) is 11.5 Å². The minimum absolute atomic E-state index is 0.404. The van der Waals surface area contributed by atoms with E-state index in [0.717, 1.165) is 23.0 Å². The number of carbonyl (C=O) groups excluding carboxylic acids is 1. The molecule has 0 spiro atoms. The van der Waals surface area contributed by atoms with Crippen LogP contribution in [0.1, 0.15) is 59.7 Å². The highest BCUT2D eigenvalue weighted by atomic mass is 32.1. The molecule has 0 unspecified atom stereocenters. The van der Waals surface area contributed by atoms with Crippen LogP contribution in [0.25, 0.3) is 0 Å².